The minimum absolute atomic E-state index is 0.0151. The average molecular weight is 455 g/mol. The fourth-order valence-corrected chi connectivity index (χ4v) is 4.84. The molecule has 170 valence electrons. The van der Waals surface area contributed by atoms with Gasteiger partial charge in [-0.3, -0.25) is 9.69 Å². The molecule has 1 aromatic heterocycles. The monoisotopic (exact) mass is 454 g/mol. The maximum atomic E-state index is 13.6. The zero-order valence-electron chi connectivity index (χ0n) is 18.7. The maximum absolute atomic E-state index is 13.6. The molecule has 0 saturated carbocycles. The first kappa shape index (κ1) is 22.6. The second kappa shape index (κ2) is 10.8. The van der Waals surface area contributed by atoms with E-state index in [2.05, 4.69) is 6.92 Å². The van der Waals surface area contributed by atoms with E-state index in [9.17, 15) is 4.79 Å². The number of hydrogen-bond acceptors (Lipinski definition) is 6. The number of amides is 1. The summed E-state index contributed by atoms with van der Waals surface area (Å²) in [5.74, 6) is 1.32. The van der Waals surface area contributed by atoms with E-state index in [1.807, 2.05) is 42.5 Å². The van der Waals surface area contributed by atoms with Crippen LogP contribution in [0.1, 0.15) is 49.4 Å². The average Bonchev–Trinajstić information content (AvgIpc) is 3.49. The van der Waals surface area contributed by atoms with E-state index < -0.39 is 0 Å². The fourth-order valence-electron chi connectivity index (χ4n) is 3.85. The highest BCUT2D eigenvalue weighted by atomic mass is 32.1. The number of ether oxygens (including phenoxy) is 3. The van der Waals surface area contributed by atoms with Gasteiger partial charge in [0.2, 0.25) is 0 Å². The van der Waals surface area contributed by atoms with Crippen molar-refractivity contribution >= 4 is 32.6 Å². The van der Waals surface area contributed by atoms with Gasteiger partial charge in [-0.2, -0.15) is 0 Å². The smallest absolute Gasteiger partial charge is 0.260 e. The van der Waals surface area contributed by atoms with Crippen molar-refractivity contribution in [2.75, 3.05) is 31.8 Å². The van der Waals surface area contributed by atoms with Gasteiger partial charge in [0.1, 0.15) is 17.0 Å². The van der Waals surface area contributed by atoms with Gasteiger partial charge in [-0.15, -0.1) is 0 Å². The van der Waals surface area contributed by atoms with Crippen LogP contribution in [0, 0.1) is 0 Å². The van der Waals surface area contributed by atoms with Crippen LogP contribution in [0.5, 0.6) is 11.5 Å². The van der Waals surface area contributed by atoms with Crippen LogP contribution >= 0.6 is 11.3 Å². The van der Waals surface area contributed by atoms with Gasteiger partial charge in [-0.05, 0) is 49.6 Å². The predicted octanol–water partition coefficient (Wildman–Crippen LogP) is 5.70. The van der Waals surface area contributed by atoms with Gasteiger partial charge in [0.15, 0.2) is 5.13 Å². The topological polar surface area (TPSA) is 60.9 Å². The summed E-state index contributed by atoms with van der Waals surface area (Å²) in [4.78, 5) is 20.2. The van der Waals surface area contributed by atoms with Crippen LogP contribution in [0.2, 0.25) is 0 Å². The van der Waals surface area contributed by atoms with Crippen molar-refractivity contribution in [2.24, 2.45) is 0 Å². The first-order valence-corrected chi connectivity index (χ1v) is 12.1. The standard InChI is InChI=1S/C25H30N2O4S/c1-3-4-5-14-30-19-10-6-9-18(16-19)24(28)27(17-20-11-8-15-31-20)25-26-23-21(29-2)12-7-13-22(23)32-25/h6-7,9-10,12-13,16,20H,3-5,8,11,14-15,17H2,1-2H3. The maximum Gasteiger partial charge on any atom is 0.260 e. The minimum atomic E-state index is -0.0995. The van der Waals surface area contributed by atoms with E-state index in [0.29, 0.717) is 29.6 Å². The van der Waals surface area contributed by atoms with Crippen molar-refractivity contribution in [2.45, 2.75) is 45.1 Å². The first-order chi connectivity index (χ1) is 15.7. The number of fused-ring (bicyclic) bond motifs is 1. The van der Waals surface area contributed by atoms with Gasteiger partial charge < -0.3 is 14.2 Å². The quantitative estimate of drug-likeness (QED) is 0.368. The molecule has 1 fully saturated rings. The number of thiazole rings is 1. The van der Waals surface area contributed by atoms with E-state index in [1.165, 1.54) is 11.3 Å². The van der Waals surface area contributed by atoms with E-state index >= 15 is 0 Å². The molecule has 1 unspecified atom stereocenters. The summed E-state index contributed by atoms with van der Waals surface area (Å²) >= 11 is 1.49. The molecule has 0 radical (unpaired) electrons. The molecule has 0 spiro atoms. The van der Waals surface area contributed by atoms with Gasteiger partial charge in [0.05, 0.1) is 31.1 Å². The molecule has 32 heavy (non-hydrogen) atoms. The summed E-state index contributed by atoms with van der Waals surface area (Å²) in [6.45, 7) is 4.03. The largest absolute Gasteiger partial charge is 0.494 e. The highest BCUT2D eigenvalue weighted by Gasteiger charge is 2.27. The molecule has 1 saturated heterocycles. The highest BCUT2D eigenvalue weighted by molar-refractivity contribution is 7.22. The van der Waals surface area contributed by atoms with Crippen LogP contribution in [0.15, 0.2) is 42.5 Å². The summed E-state index contributed by atoms with van der Waals surface area (Å²) in [7, 11) is 1.63. The molecule has 2 heterocycles. The Bertz CT molecular complexity index is 1050. The second-order valence-electron chi connectivity index (χ2n) is 7.94. The number of carbonyl (C=O) groups excluding carboxylic acids is 1. The number of carbonyl (C=O) groups is 1. The Labute approximate surface area is 193 Å². The number of methoxy groups -OCH3 is 1. The second-order valence-corrected chi connectivity index (χ2v) is 8.95. The Kier molecular flexibility index (Phi) is 7.60. The number of nitrogens with zero attached hydrogens (tertiary/aromatic N) is 2. The predicted molar refractivity (Wildman–Crippen MR) is 128 cm³/mol. The Morgan fingerprint density at radius 2 is 2.12 bits per heavy atom. The van der Waals surface area contributed by atoms with Gasteiger partial charge in [-0.25, -0.2) is 4.98 Å². The van der Waals surface area contributed by atoms with E-state index in [-0.39, 0.29) is 12.0 Å². The summed E-state index contributed by atoms with van der Waals surface area (Å²) in [5, 5.41) is 0.652. The fraction of sp³-hybridized carbons (Fsp3) is 0.440. The van der Waals surface area contributed by atoms with E-state index in [4.69, 9.17) is 19.2 Å². The highest BCUT2D eigenvalue weighted by Crippen LogP contribution is 2.35. The molecule has 2 aromatic carbocycles. The Morgan fingerprint density at radius 1 is 1.25 bits per heavy atom. The van der Waals surface area contributed by atoms with Gasteiger partial charge in [0, 0.05) is 12.2 Å². The molecule has 1 aliphatic rings. The van der Waals surface area contributed by atoms with Crippen LogP contribution in [0.25, 0.3) is 10.2 Å². The molecule has 6 nitrogen and oxygen atoms in total. The van der Waals surface area contributed by atoms with Gasteiger partial charge >= 0.3 is 0 Å². The van der Waals surface area contributed by atoms with Gasteiger partial charge in [0.25, 0.3) is 5.91 Å². The van der Waals surface area contributed by atoms with Gasteiger partial charge in [-0.1, -0.05) is 43.2 Å². The molecule has 3 aromatic rings. The summed E-state index contributed by atoms with van der Waals surface area (Å²) in [6, 6.07) is 13.2. The van der Waals surface area contributed by atoms with Crippen LogP contribution in [0.3, 0.4) is 0 Å². The molecule has 0 N–H and O–H groups in total. The molecule has 4 rings (SSSR count). The molecule has 1 amide bonds. The number of anilines is 1. The van der Waals surface area contributed by atoms with Crippen LogP contribution in [-0.2, 0) is 4.74 Å². The lowest BCUT2D eigenvalue weighted by Crippen LogP contribution is -2.37. The van der Waals surface area contributed by atoms with Crippen molar-refractivity contribution in [3.05, 3.63) is 48.0 Å². The Hall–Kier alpha value is -2.64. The molecule has 0 aliphatic carbocycles. The Balaban J connectivity index is 1.61. The lowest BCUT2D eigenvalue weighted by Gasteiger charge is -2.23. The van der Waals surface area contributed by atoms with Crippen molar-refractivity contribution in [3.8, 4) is 11.5 Å². The molecule has 7 heteroatoms. The summed E-state index contributed by atoms with van der Waals surface area (Å²) in [5.41, 5.74) is 1.36. The van der Waals surface area contributed by atoms with E-state index in [0.717, 1.165) is 54.7 Å². The third-order valence-electron chi connectivity index (χ3n) is 5.57. The number of para-hydroxylation sites is 1. The van der Waals surface area contributed by atoms with Crippen LogP contribution in [-0.4, -0.2) is 43.9 Å². The first-order valence-electron chi connectivity index (χ1n) is 11.3. The third-order valence-corrected chi connectivity index (χ3v) is 6.62. The molecule has 0 bridgehead atoms. The van der Waals surface area contributed by atoms with E-state index in [1.54, 1.807) is 12.0 Å². The SMILES string of the molecule is CCCCCOc1cccc(C(=O)N(CC2CCCO2)c2nc3c(OC)cccc3s2)c1. The zero-order valence-corrected chi connectivity index (χ0v) is 19.5. The van der Waals surface area contributed by atoms with Crippen molar-refractivity contribution in [1.82, 2.24) is 4.98 Å². The number of benzene rings is 2. The number of aromatic nitrogens is 1. The van der Waals surface area contributed by atoms with Crippen LogP contribution < -0.4 is 14.4 Å². The summed E-state index contributed by atoms with van der Waals surface area (Å²) < 4.78 is 18.2. The Morgan fingerprint density at radius 3 is 2.91 bits per heavy atom. The van der Waals surface area contributed by atoms with Crippen molar-refractivity contribution in [3.63, 3.8) is 0 Å². The van der Waals surface area contributed by atoms with Crippen molar-refractivity contribution < 1.29 is 19.0 Å². The molecule has 1 aliphatic heterocycles. The molecular weight excluding hydrogens is 424 g/mol. The zero-order chi connectivity index (χ0) is 22.3. The lowest BCUT2D eigenvalue weighted by molar-refractivity contribution is 0.0917. The summed E-state index contributed by atoms with van der Waals surface area (Å²) in [6.07, 6.45) is 5.26. The number of hydrogen-bond donors (Lipinski definition) is 0. The normalized spacial score (nSPS) is 15.8. The van der Waals surface area contributed by atoms with Crippen molar-refractivity contribution in [1.29, 1.82) is 0 Å². The lowest BCUT2D eigenvalue weighted by atomic mass is 10.1. The molecule has 1 atom stereocenters. The third kappa shape index (κ3) is 5.22. The number of rotatable bonds is 10. The minimum Gasteiger partial charge on any atom is -0.494 e. The van der Waals surface area contributed by atoms with Crippen LogP contribution in [0.4, 0.5) is 5.13 Å². The number of unbranched alkanes of at least 4 members (excludes halogenated alkanes) is 2. The molecular formula is C25H30N2O4S.